The van der Waals surface area contributed by atoms with Crippen molar-refractivity contribution in [1.29, 1.82) is 0 Å². The van der Waals surface area contributed by atoms with Gasteiger partial charge in [0.2, 0.25) is 5.91 Å². The molecule has 0 unspecified atom stereocenters. The second kappa shape index (κ2) is 5.75. The van der Waals surface area contributed by atoms with Gasteiger partial charge in [-0.2, -0.15) is 0 Å². The monoisotopic (exact) mass is 276 g/mol. The molecule has 1 amide bonds. The summed E-state index contributed by atoms with van der Waals surface area (Å²) in [4.78, 5) is 12.5. The van der Waals surface area contributed by atoms with E-state index in [1.54, 1.807) is 24.3 Å². The molecule has 0 aromatic heterocycles. The summed E-state index contributed by atoms with van der Waals surface area (Å²) in [5.41, 5.74) is 6.55. The Morgan fingerprint density at radius 3 is 2.53 bits per heavy atom. The molecule has 0 fully saturated rings. The van der Waals surface area contributed by atoms with E-state index in [9.17, 15) is 9.18 Å². The number of carbonyl (C=O) groups excluding carboxylic acids is 1. The van der Waals surface area contributed by atoms with Crippen molar-refractivity contribution >= 4 is 29.0 Å². The number of halogens is 1. The van der Waals surface area contributed by atoms with Crippen molar-refractivity contribution in [3.63, 3.8) is 0 Å². The van der Waals surface area contributed by atoms with Gasteiger partial charge in [0.1, 0.15) is 5.82 Å². The number of rotatable bonds is 3. The van der Waals surface area contributed by atoms with E-state index in [1.807, 2.05) is 12.1 Å². The highest BCUT2D eigenvalue weighted by Gasteiger charge is 2.06. The molecule has 2 rings (SSSR count). The number of amides is 1. The van der Waals surface area contributed by atoms with Crippen LogP contribution >= 0.6 is 11.8 Å². The highest BCUT2D eigenvalue weighted by atomic mass is 32.2. The van der Waals surface area contributed by atoms with Gasteiger partial charge in [0.25, 0.3) is 0 Å². The maximum atomic E-state index is 13.3. The molecule has 2 aromatic carbocycles. The molecule has 3 N–H and O–H groups in total. The van der Waals surface area contributed by atoms with Gasteiger partial charge in [0, 0.05) is 22.4 Å². The Bertz CT molecular complexity index is 599. The van der Waals surface area contributed by atoms with Crippen molar-refractivity contribution in [2.75, 3.05) is 11.1 Å². The van der Waals surface area contributed by atoms with Crippen LogP contribution in [0.3, 0.4) is 0 Å². The summed E-state index contributed by atoms with van der Waals surface area (Å²) < 4.78 is 13.3. The number of hydrogen-bond acceptors (Lipinski definition) is 3. The van der Waals surface area contributed by atoms with Crippen molar-refractivity contribution in [3.8, 4) is 0 Å². The molecule has 2 aromatic rings. The number of benzene rings is 2. The van der Waals surface area contributed by atoms with Crippen LogP contribution in [-0.2, 0) is 4.79 Å². The topological polar surface area (TPSA) is 55.1 Å². The Labute approximate surface area is 115 Å². The van der Waals surface area contributed by atoms with Crippen LogP contribution in [0.2, 0.25) is 0 Å². The van der Waals surface area contributed by atoms with Gasteiger partial charge in [0.05, 0.1) is 5.69 Å². The van der Waals surface area contributed by atoms with E-state index in [4.69, 9.17) is 5.73 Å². The molecular formula is C14H13FN2OS. The first kappa shape index (κ1) is 13.4. The summed E-state index contributed by atoms with van der Waals surface area (Å²) in [5, 5.41) is 2.68. The van der Waals surface area contributed by atoms with E-state index in [1.165, 1.54) is 24.8 Å². The molecule has 0 aliphatic rings. The molecule has 98 valence electrons. The van der Waals surface area contributed by atoms with Crippen LogP contribution in [0.5, 0.6) is 0 Å². The van der Waals surface area contributed by atoms with E-state index in [0.29, 0.717) is 4.90 Å². The van der Waals surface area contributed by atoms with Crippen LogP contribution < -0.4 is 11.1 Å². The minimum absolute atomic E-state index is 0.116. The Hall–Kier alpha value is -2.01. The van der Waals surface area contributed by atoms with Gasteiger partial charge >= 0.3 is 0 Å². The minimum Gasteiger partial charge on any atom is -0.395 e. The SMILES string of the molecule is CC(=O)Nc1ccc(Sc2cccc(F)c2N)cc1. The van der Waals surface area contributed by atoms with Gasteiger partial charge < -0.3 is 11.1 Å². The van der Waals surface area contributed by atoms with E-state index in [-0.39, 0.29) is 11.6 Å². The molecule has 0 radical (unpaired) electrons. The highest BCUT2D eigenvalue weighted by Crippen LogP contribution is 2.33. The van der Waals surface area contributed by atoms with Crippen LogP contribution in [0, 0.1) is 5.82 Å². The van der Waals surface area contributed by atoms with Gasteiger partial charge in [-0.05, 0) is 36.4 Å². The third-order valence-electron chi connectivity index (χ3n) is 2.42. The van der Waals surface area contributed by atoms with Crippen LogP contribution in [0.25, 0.3) is 0 Å². The summed E-state index contributed by atoms with van der Waals surface area (Å²) in [5.74, 6) is -0.533. The number of hydrogen-bond donors (Lipinski definition) is 2. The van der Waals surface area contributed by atoms with E-state index >= 15 is 0 Å². The molecule has 5 heteroatoms. The number of anilines is 2. The second-order valence-corrected chi connectivity index (χ2v) is 5.07. The number of carbonyl (C=O) groups is 1. The Morgan fingerprint density at radius 1 is 1.21 bits per heavy atom. The first-order valence-corrected chi connectivity index (χ1v) is 6.47. The summed E-state index contributed by atoms with van der Waals surface area (Å²) in [6.45, 7) is 1.45. The van der Waals surface area contributed by atoms with Gasteiger partial charge in [-0.25, -0.2) is 4.39 Å². The maximum absolute atomic E-state index is 13.3. The molecule has 0 saturated carbocycles. The number of nitrogens with two attached hydrogens (primary N) is 1. The number of nitrogen functional groups attached to an aromatic ring is 1. The molecule has 0 heterocycles. The molecule has 3 nitrogen and oxygen atoms in total. The average molecular weight is 276 g/mol. The Kier molecular flexibility index (Phi) is 4.06. The largest absolute Gasteiger partial charge is 0.395 e. The van der Waals surface area contributed by atoms with Crippen molar-refractivity contribution in [3.05, 3.63) is 48.3 Å². The molecular weight excluding hydrogens is 263 g/mol. The van der Waals surface area contributed by atoms with E-state index in [0.717, 1.165) is 10.6 Å². The fourth-order valence-corrected chi connectivity index (χ4v) is 2.42. The maximum Gasteiger partial charge on any atom is 0.221 e. The third-order valence-corrected chi connectivity index (χ3v) is 3.50. The highest BCUT2D eigenvalue weighted by molar-refractivity contribution is 7.99. The van der Waals surface area contributed by atoms with Gasteiger partial charge in [-0.1, -0.05) is 17.8 Å². The van der Waals surface area contributed by atoms with Crippen LogP contribution in [0.15, 0.2) is 52.3 Å². The lowest BCUT2D eigenvalue weighted by molar-refractivity contribution is -0.114. The lowest BCUT2D eigenvalue weighted by atomic mass is 10.3. The second-order valence-electron chi connectivity index (χ2n) is 3.96. The zero-order valence-corrected chi connectivity index (χ0v) is 11.1. The fourth-order valence-electron chi connectivity index (χ4n) is 1.54. The molecule has 0 aliphatic carbocycles. The zero-order valence-electron chi connectivity index (χ0n) is 10.3. The van der Waals surface area contributed by atoms with Gasteiger partial charge in [-0.15, -0.1) is 0 Å². The molecule has 0 aliphatic heterocycles. The van der Waals surface area contributed by atoms with Gasteiger partial charge in [-0.3, -0.25) is 4.79 Å². The van der Waals surface area contributed by atoms with Crippen molar-refractivity contribution < 1.29 is 9.18 Å². The lowest BCUT2D eigenvalue weighted by Crippen LogP contribution is -2.05. The van der Waals surface area contributed by atoms with Crippen molar-refractivity contribution in [2.24, 2.45) is 0 Å². The normalized spacial score (nSPS) is 10.2. The number of para-hydroxylation sites is 1. The van der Waals surface area contributed by atoms with Crippen LogP contribution in [-0.4, -0.2) is 5.91 Å². The molecule has 0 spiro atoms. The van der Waals surface area contributed by atoms with Crippen molar-refractivity contribution in [2.45, 2.75) is 16.7 Å². The predicted octanol–water partition coefficient (Wildman–Crippen LogP) is 3.52. The quantitative estimate of drug-likeness (QED) is 0.843. The third kappa shape index (κ3) is 3.48. The molecule has 0 bridgehead atoms. The first-order valence-electron chi connectivity index (χ1n) is 5.66. The predicted molar refractivity (Wildman–Crippen MR) is 75.7 cm³/mol. The van der Waals surface area contributed by atoms with Crippen molar-refractivity contribution in [1.82, 2.24) is 0 Å². The molecule has 0 atom stereocenters. The van der Waals surface area contributed by atoms with E-state index < -0.39 is 5.82 Å². The summed E-state index contributed by atoms with van der Waals surface area (Å²) in [6.07, 6.45) is 0. The lowest BCUT2D eigenvalue weighted by Gasteiger charge is -2.07. The zero-order chi connectivity index (χ0) is 13.8. The van der Waals surface area contributed by atoms with Crippen LogP contribution in [0.1, 0.15) is 6.92 Å². The van der Waals surface area contributed by atoms with Gasteiger partial charge in [0.15, 0.2) is 0 Å². The smallest absolute Gasteiger partial charge is 0.221 e. The fraction of sp³-hybridized carbons (Fsp3) is 0.0714. The molecule has 19 heavy (non-hydrogen) atoms. The Balaban J connectivity index is 2.15. The summed E-state index contributed by atoms with van der Waals surface area (Å²) in [6, 6.07) is 12.0. The summed E-state index contributed by atoms with van der Waals surface area (Å²) in [7, 11) is 0. The minimum atomic E-state index is -0.417. The van der Waals surface area contributed by atoms with E-state index in [2.05, 4.69) is 5.32 Å². The summed E-state index contributed by atoms with van der Waals surface area (Å²) >= 11 is 1.38. The molecule has 0 saturated heterocycles. The average Bonchev–Trinajstić information content (AvgIpc) is 2.37. The van der Waals surface area contributed by atoms with Crippen LogP contribution in [0.4, 0.5) is 15.8 Å². The number of nitrogens with one attached hydrogen (secondary N) is 1. The standard InChI is InChI=1S/C14H13FN2OS/c1-9(18)17-10-5-7-11(8-6-10)19-13-4-2-3-12(15)14(13)16/h2-8H,16H2,1H3,(H,17,18). The Morgan fingerprint density at radius 2 is 1.89 bits per heavy atom. The first-order chi connectivity index (χ1) is 9.06.